The highest BCUT2D eigenvalue weighted by Gasteiger charge is 2.56. The second kappa shape index (κ2) is 38.3. The van der Waals surface area contributed by atoms with Crippen LogP contribution < -0.4 is 26.6 Å². The summed E-state index contributed by atoms with van der Waals surface area (Å²) in [6.07, 6.45) is 5.83. The summed E-state index contributed by atoms with van der Waals surface area (Å²) >= 11 is 0. The fraction of sp³-hybridized carbons (Fsp3) is 0.373. The number of carbonyl (C=O) groups excluding carboxylic acids is 7. The van der Waals surface area contributed by atoms with Gasteiger partial charge in [0, 0.05) is 83.1 Å². The maximum atomic E-state index is 16.7. The lowest BCUT2D eigenvalue weighted by Crippen LogP contribution is -2.52. The molecule has 8 aromatic carbocycles. The van der Waals surface area contributed by atoms with E-state index >= 15 is 17.6 Å². The molecule has 35 heteroatoms. The molecule has 2 aliphatic carbocycles. The highest BCUT2D eigenvalue weighted by molar-refractivity contribution is 6.02. The molecule has 137 heavy (non-hydrogen) atoms. The van der Waals surface area contributed by atoms with Crippen molar-refractivity contribution in [3.8, 4) is 67.0 Å². The number of alkyl carbamates (subject to hydrolysis) is 4. The van der Waals surface area contributed by atoms with Crippen LogP contribution in [0.15, 0.2) is 192 Å². The Kier molecular flexibility index (Phi) is 26.1. The monoisotopic (exact) mass is 1870 g/mol. The number of imidazole rings is 2. The predicted octanol–water partition coefficient (Wildman–Crippen LogP) is 15.8. The number of hydrogen-bond donors (Lipinski definition) is 8. The van der Waals surface area contributed by atoms with Gasteiger partial charge in [-0.1, -0.05) is 149 Å². The number of methoxy groups -OCH3 is 4. The van der Waals surface area contributed by atoms with Crippen LogP contribution in [-0.4, -0.2) is 216 Å². The Morgan fingerprint density at radius 2 is 0.832 bits per heavy atom. The van der Waals surface area contributed by atoms with Crippen molar-refractivity contribution in [3.05, 3.63) is 238 Å². The molecular formula is C102H104F4N14O17. The van der Waals surface area contributed by atoms with Crippen molar-refractivity contribution in [3.63, 3.8) is 0 Å². The van der Waals surface area contributed by atoms with Gasteiger partial charge in [-0.25, -0.2) is 33.9 Å². The second-order valence-corrected chi connectivity index (χ2v) is 36.2. The van der Waals surface area contributed by atoms with Crippen molar-refractivity contribution in [2.45, 2.75) is 151 Å². The third-order valence-electron chi connectivity index (χ3n) is 27.2. The van der Waals surface area contributed by atoms with Gasteiger partial charge in [-0.2, -0.15) is 17.6 Å². The van der Waals surface area contributed by atoms with E-state index in [0.717, 1.165) is 89.3 Å². The molecule has 6 fully saturated rings. The average Bonchev–Trinajstić information content (AvgIpc) is 1.57. The summed E-state index contributed by atoms with van der Waals surface area (Å²) in [5.74, 6) is -10.3. The summed E-state index contributed by atoms with van der Waals surface area (Å²) in [6, 6.07) is 44.9. The molecular weight excluding hydrogens is 1770 g/mol. The van der Waals surface area contributed by atoms with Crippen molar-refractivity contribution >= 4 is 70.9 Å². The zero-order chi connectivity index (χ0) is 96.1. The number of carbonyl (C=O) groups is 8. The standard InChI is InChI=1S/C51H51F2N7O8.C41H42F2N6O5.C10H11NO4/c1-28(2)43(57-48(63)65-3)46(61)60-27-50(67-19-20-68-50)25-42(60)45-54-26-40(56-45)32-13-16-35-34-15-12-31(22-36(34)51(52,53)37(35)23-32)30-14-17-38-33(21-30)24-39(55-38)41-11-8-18-59(41)47(62)44(58-49(64)66-4)29-9-6-5-7-10-29;1-22(2)36(48-39(51)52-3)38(50)49-21-40(53-13-14-54-40)19-35(49)37-45-20-34(47-37)25-7-10-28-27-9-6-24(16-29(27)41(42,43)30(28)17-25)23-8-11-31-26(15-23)18-33(46-31)32-5-4-12-44-32;1-15-10(14)11-8(9(12)13)7-5-3-2-4-6-7/h5-7,9-10,12-17,21-23,26,28,41-44H,8,11,18-20,24-25,27H2,1-4H3,(H,54,56)(H,57,63)(H,58,64);6-11,15-17,20,22,32,35-36,44H,4-5,12-14,18-19,21H2,1-3H3,(H,45,47)(H,48,51);2-6,8H,1H3,(H,11,14)(H,12,13)/t41-,42-,43-,44+;32-,35-,36-;8-/m001/s1. The average molecular weight is 1870 g/mol. The Labute approximate surface area is 786 Å². The smallest absolute Gasteiger partial charge is 0.407 e. The van der Waals surface area contributed by atoms with E-state index in [1.165, 1.54) is 40.6 Å². The lowest BCUT2D eigenvalue weighted by molar-refractivity contribution is -0.153. The summed E-state index contributed by atoms with van der Waals surface area (Å²) in [7, 11) is 4.92. The molecule has 20 rings (SSSR count). The summed E-state index contributed by atoms with van der Waals surface area (Å²) in [6.45, 7) is 10.6. The van der Waals surface area contributed by atoms with Gasteiger partial charge >= 0.3 is 30.3 Å². The van der Waals surface area contributed by atoms with Gasteiger partial charge in [0.2, 0.25) is 17.7 Å². The zero-order valence-corrected chi connectivity index (χ0v) is 76.5. The number of hydrogen-bond acceptors (Lipinski definition) is 21. The van der Waals surface area contributed by atoms with Crippen molar-refractivity contribution in [2.24, 2.45) is 21.8 Å². The summed E-state index contributed by atoms with van der Waals surface area (Å²) < 4.78 is 109. The van der Waals surface area contributed by atoms with Crippen LogP contribution in [0.3, 0.4) is 0 Å². The molecule has 7 amide bonds. The van der Waals surface area contributed by atoms with Gasteiger partial charge in [-0.15, -0.1) is 0 Å². The molecule has 10 aliphatic rings. The Balaban J connectivity index is 0.000000161. The highest BCUT2D eigenvalue weighted by Crippen LogP contribution is 2.56. The summed E-state index contributed by atoms with van der Waals surface area (Å²) in [5.41, 5.74) is 13.5. The summed E-state index contributed by atoms with van der Waals surface area (Å²) in [5, 5.41) is 22.7. The van der Waals surface area contributed by atoms with E-state index in [9.17, 15) is 38.4 Å². The van der Waals surface area contributed by atoms with Crippen LogP contribution in [0.5, 0.6) is 0 Å². The Bertz CT molecular complexity index is 6410. The number of carboxylic acid groups (broad SMARTS) is 1. The number of rotatable bonds is 20. The molecule has 8 aliphatic heterocycles. The minimum Gasteiger partial charge on any atom is -0.479 e. The first-order chi connectivity index (χ1) is 65.9. The first-order valence-electron chi connectivity index (χ1n) is 45.7. The summed E-state index contributed by atoms with van der Waals surface area (Å²) in [4.78, 5) is 131. The quantitative estimate of drug-likeness (QED) is 0.0259. The topological polar surface area (TPSA) is 383 Å². The van der Waals surface area contributed by atoms with Gasteiger partial charge in [0.1, 0.15) is 29.8 Å². The number of H-pyrrole nitrogens is 2. The minimum atomic E-state index is -3.32. The number of ether oxygens (including phenoxy) is 8. The minimum absolute atomic E-state index is 0.0210. The molecule has 8 N–H and O–H groups in total. The fourth-order valence-corrected chi connectivity index (χ4v) is 20.2. The van der Waals surface area contributed by atoms with E-state index in [-0.39, 0.29) is 77.4 Å². The van der Waals surface area contributed by atoms with Crippen LogP contribution in [0.4, 0.5) is 48.1 Å². The van der Waals surface area contributed by atoms with Crippen LogP contribution in [0.25, 0.3) is 67.0 Å². The van der Waals surface area contributed by atoms with Crippen molar-refractivity contribution in [1.29, 1.82) is 0 Å². The van der Waals surface area contributed by atoms with Crippen LogP contribution >= 0.6 is 0 Å². The van der Waals surface area contributed by atoms with Gasteiger partial charge in [0.05, 0.1) is 121 Å². The van der Waals surface area contributed by atoms with Crippen molar-refractivity contribution in [2.75, 3.05) is 81.0 Å². The lowest BCUT2D eigenvalue weighted by atomic mass is 9.95. The lowest BCUT2D eigenvalue weighted by Gasteiger charge is -2.30. The Morgan fingerprint density at radius 1 is 0.445 bits per heavy atom. The van der Waals surface area contributed by atoms with Gasteiger partial charge in [-0.3, -0.25) is 24.4 Å². The van der Waals surface area contributed by atoms with E-state index in [1.807, 2.05) is 94.4 Å². The maximum absolute atomic E-state index is 16.7. The van der Waals surface area contributed by atoms with Crippen LogP contribution in [0, 0.1) is 11.8 Å². The van der Waals surface area contributed by atoms with E-state index in [2.05, 4.69) is 57.3 Å². The number of fused-ring (bicyclic) bond motifs is 8. The highest BCUT2D eigenvalue weighted by atomic mass is 19.3. The van der Waals surface area contributed by atoms with Crippen LogP contribution in [-0.2, 0) is 81.8 Å². The molecule has 0 bridgehead atoms. The number of aromatic amines is 2. The number of likely N-dealkylation sites (tertiary alicyclic amines) is 3. The van der Waals surface area contributed by atoms with E-state index in [4.69, 9.17) is 48.2 Å². The molecule has 8 atom stereocenters. The van der Waals surface area contributed by atoms with Gasteiger partial charge in [0.25, 0.3) is 11.8 Å². The normalized spacial score (nSPS) is 20.2. The third kappa shape index (κ3) is 18.4. The zero-order valence-electron chi connectivity index (χ0n) is 76.5. The van der Waals surface area contributed by atoms with E-state index in [1.54, 1.807) is 112 Å². The fourth-order valence-electron chi connectivity index (χ4n) is 20.2. The van der Waals surface area contributed by atoms with Gasteiger partial charge < -0.3 is 94.3 Å². The second-order valence-electron chi connectivity index (χ2n) is 36.2. The molecule has 0 saturated carbocycles. The predicted molar refractivity (Wildman–Crippen MR) is 496 cm³/mol. The van der Waals surface area contributed by atoms with Crippen LogP contribution in [0.1, 0.15) is 147 Å². The molecule has 10 heterocycles. The Hall–Kier alpha value is -14.0. The number of benzene rings is 8. The molecule has 0 unspecified atom stereocenters. The van der Waals surface area contributed by atoms with Crippen molar-refractivity contribution in [1.82, 2.24) is 61.2 Å². The number of carboxylic acids is 1. The van der Waals surface area contributed by atoms with Gasteiger partial charge in [0.15, 0.2) is 17.6 Å². The number of aliphatic carboxylic acids is 1. The first kappa shape index (κ1) is 93.4. The van der Waals surface area contributed by atoms with E-state index in [0.29, 0.717) is 125 Å². The maximum Gasteiger partial charge on any atom is 0.407 e. The molecule has 0 radical (unpaired) electrons. The first-order valence-corrected chi connectivity index (χ1v) is 45.7. The SMILES string of the molecule is COC(=O)N[C@@H](C(=O)O)c1ccccc1.COC(=O)N[C@H](C(=O)N1CC2(C[C@H]1c1ncc(-c3ccc4c(c3)C(F)(F)c3cc(-c5ccc6c(c5)CC([C@@H]5CCCN5)=N6)ccc3-4)[nH]1)OCCO2)C(C)C.COC(=O)N[C@H](C(=O)N1CC2(C[C@H]1c1ncc(-c3ccc4c(c3)C(F)(F)c3cc(-c5ccc6c(c5)CC([C@@H]5CCCN5C(=O)[C@H](NC(=O)OC)c5ccccc5)=N6)ccc3-4)[nH]1)OCCO2)C(C)C. The van der Waals surface area contributed by atoms with Gasteiger partial charge in [-0.05, 0) is 159 Å². The number of aromatic nitrogens is 4. The largest absolute Gasteiger partial charge is 0.479 e. The molecule has 10 aromatic rings. The molecule has 6 saturated heterocycles. The number of amides is 7. The molecule has 712 valence electrons. The number of alkyl halides is 4. The van der Waals surface area contributed by atoms with E-state index < -0.39 is 90.0 Å². The number of aliphatic imine (C=N–C) groups is 2. The third-order valence-corrected chi connectivity index (χ3v) is 27.2. The molecule has 31 nitrogen and oxygen atoms in total. The van der Waals surface area contributed by atoms with Crippen LogP contribution in [0.2, 0.25) is 0 Å². The molecule has 2 aromatic heterocycles. The number of nitrogens with one attached hydrogen (secondary N) is 7. The number of nitrogens with zero attached hydrogens (tertiary/aromatic N) is 7. The Morgan fingerprint density at radius 3 is 1.25 bits per heavy atom. The number of halogens is 4. The van der Waals surface area contributed by atoms with Crippen molar-refractivity contribution < 1.29 is 98.9 Å². The molecule has 2 spiro atoms.